The van der Waals surface area contributed by atoms with E-state index in [4.69, 9.17) is 4.98 Å². The molecule has 1 unspecified atom stereocenters. The third-order valence-electron chi connectivity index (χ3n) is 5.14. The summed E-state index contributed by atoms with van der Waals surface area (Å²) in [5.74, 6) is 1.59. The number of fused-ring (bicyclic) bond motifs is 1. The van der Waals surface area contributed by atoms with E-state index in [1.807, 2.05) is 6.07 Å². The van der Waals surface area contributed by atoms with Crippen LogP contribution in [0.1, 0.15) is 49.6 Å². The fourth-order valence-corrected chi connectivity index (χ4v) is 4.48. The van der Waals surface area contributed by atoms with Crippen molar-refractivity contribution in [1.29, 1.82) is 5.26 Å². The molecule has 1 aliphatic carbocycles. The average molecular weight is 351 g/mol. The molecule has 2 nitrogen and oxygen atoms in total. The Bertz CT molecular complexity index is 769. The Morgan fingerprint density at radius 3 is 2.68 bits per heavy atom. The van der Waals surface area contributed by atoms with Gasteiger partial charge >= 0.3 is 0 Å². The van der Waals surface area contributed by atoms with Crippen LogP contribution in [0, 0.1) is 22.7 Å². The van der Waals surface area contributed by atoms with E-state index in [1.54, 1.807) is 11.8 Å². The monoisotopic (exact) mass is 350 g/mol. The van der Waals surface area contributed by atoms with Crippen LogP contribution >= 0.6 is 11.8 Å². The minimum absolute atomic E-state index is 0.327. The lowest BCUT2D eigenvalue weighted by atomic mass is 9.71. The number of aryl methyl sites for hydroxylation is 1. The number of benzene rings is 1. The molecule has 130 valence electrons. The summed E-state index contributed by atoms with van der Waals surface area (Å²) in [6.45, 7) is 6.99. The molecule has 1 aromatic heterocycles. The number of rotatable bonds is 4. The van der Waals surface area contributed by atoms with Crippen molar-refractivity contribution in [3.8, 4) is 6.07 Å². The van der Waals surface area contributed by atoms with Gasteiger partial charge in [0.25, 0.3) is 0 Å². The van der Waals surface area contributed by atoms with E-state index in [0.29, 0.717) is 17.8 Å². The number of thioether (sulfide) groups is 1. The molecular formula is C22H26N2S. The van der Waals surface area contributed by atoms with Crippen LogP contribution in [0.25, 0.3) is 0 Å². The minimum atomic E-state index is 0.327. The van der Waals surface area contributed by atoms with Crippen molar-refractivity contribution in [1.82, 2.24) is 4.98 Å². The van der Waals surface area contributed by atoms with Crippen LogP contribution in [0.2, 0.25) is 0 Å². The highest BCUT2D eigenvalue weighted by Gasteiger charge is 2.29. The van der Waals surface area contributed by atoms with E-state index < -0.39 is 0 Å². The van der Waals surface area contributed by atoms with Gasteiger partial charge in [0.05, 0.1) is 12.5 Å². The lowest BCUT2D eigenvalue weighted by Crippen LogP contribution is -2.27. The third-order valence-corrected chi connectivity index (χ3v) is 6.24. The molecule has 1 heterocycles. The first-order valence-corrected chi connectivity index (χ1v) is 10.0. The number of hydrogen-bond donors (Lipinski definition) is 0. The Morgan fingerprint density at radius 1 is 1.24 bits per heavy atom. The molecule has 0 spiro atoms. The molecule has 0 bridgehead atoms. The predicted molar refractivity (Wildman–Crippen MR) is 105 cm³/mol. The largest absolute Gasteiger partial charge is 0.246 e. The molecule has 0 fully saturated rings. The van der Waals surface area contributed by atoms with E-state index >= 15 is 0 Å². The van der Waals surface area contributed by atoms with Gasteiger partial charge in [-0.2, -0.15) is 5.26 Å². The zero-order valence-electron chi connectivity index (χ0n) is 15.4. The predicted octanol–water partition coefficient (Wildman–Crippen LogP) is 5.59. The van der Waals surface area contributed by atoms with Crippen molar-refractivity contribution in [3.05, 3.63) is 58.8 Å². The first-order valence-electron chi connectivity index (χ1n) is 9.02. The van der Waals surface area contributed by atoms with Gasteiger partial charge in [0.15, 0.2) is 0 Å². The maximum absolute atomic E-state index is 9.23. The quantitative estimate of drug-likeness (QED) is 0.674. The normalized spacial score (nSPS) is 17.0. The average Bonchev–Trinajstić information content (AvgIpc) is 2.60. The van der Waals surface area contributed by atoms with Crippen LogP contribution in [0.5, 0.6) is 0 Å². The highest BCUT2D eigenvalue weighted by atomic mass is 32.2. The van der Waals surface area contributed by atoms with E-state index in [1.165, 1.54) is 23.2 Å². The molecule has 0 aliphatic heterocycles. The maximum atomic E-state index is 9.23. The number of nitrogens with zero attached hydrogens (tertiary/aromatic N) is 2. The molecule has 3 heteroatoms. The van der Waals surface area contributed by atoms with Crippen molar-refractivity contribution >= 4 is 11.8 Å². The Balaban J connectivity index is 1.83. The highest BCUT2D eigenvalue weighted by Crippen LogP contribution is 2.38. The van der Waals surface area contributed by atoms with Gasteiger partial charge in [0, 0.05) is 11.4 Å². The smallest absolute Gasteiger partial charge is 0.101 e. The number of hydrogen-bond acceptors (Lipinski definition) is 3. The van der Waals surface area contributed by atoms with Crippen molar-refractivity contribution in [2.45, 2.75) is 57.2 Å². The van der Waals surface area contributed by atoms with E-state index in [2.05, 4.69) is 57.2 Å². The topological polar surface area (TPSA) is 36.7 Å². The standard InChI is InChI=1S/C22H26N2S/c1-22(2,3)19-9-10-20-18(14-19)13-17(11-12-23)21(24-20)25-15-16-7-5-4-6-8-16/h4-8,13,19H,9-11,14-15H2,1-3H3. The van der Waals surface area contributed by atoms with Crippen LogP contribution in [-0.4, -0.2) is 4.98 Å². The Hall–Kier alpha value is -1.79. The van der Waals surface area contributed by atoms with Crippen LogP contribution in [0.3, 0.4) is 0 Å². The van der Waals surface area contributed by atoms with E-state index in [0.717, 1.165) is 29.2 Å². The number of aromatic nitrogens is 1. The molecule has 2 aromatic rings. The van der Waals surface area contributed by atoms with E-state index in [-0.39, 0.29) is 0 Å². The second kappa shape index (κ2) is 7.62. The van der Waals surface area contributed by atoms with Crippen LogP contribution in [-0.2, 0) is 25.0 Å². The summed E-state index contributed by atoms with van der Waals surface area (Å²) in [7, 11) is 0. The first-order chi connectivity index (χ1) is 12.0. The molecule has 0 amide bonds. The second-order valence-corrected chi connectivity index (χ2v) is 8.94. The maximum Gasteiger partial charge on any atom is 0.101 e. The molecule has 0 saturated carbocycles. The molecular weight excluding hydrogens is 324 g/mol. The summed E-state index contributed by atoms with van der Waals surface area (Å²) >= 11 is 1.76. The Morgan fingerprint density at radius 2 is 2.00 bits per heavy atom. The number of pyridine rings is 1. The van der Waals surface area contributed by atoms with Crippen molar-refractivity contribution in [3.63, 3.8) is 0 Å². The van der Waals surface area contributed by atoms with Crippen molar-refractivity contribution < 1.29 is 0 Å². The van der Waals surface area contributed by atoms with Gasteiger partial charge in [0.2, 0.25) is 0 Å². The zero-order chi connectivity index (χ0) is 17.9. The Labute approximate surface area is 155 Å². The Kier molecular flexibility index (Phi) is 5.49. The molecule has 1 atom stereocenters. The van der Waals surface area contributed by atoms with Crippen LogP contribution in [0.15, 0.2) is 41.4 Å². The van der Waals surface area contributed by atoms with Crippen LogP contribution in [0.4, 0.5) is 0 Å². The summed E-state index contributed by atoms with van der Waals surface area (Å²) < 4.78 is 0. The minimum Gasteiger partial charge on any atom is -0.246 e. The summed E-state index contributed by atoms with van der Waals surface area (Å²) in [6.07, 6.45) is 3.80. The van der Waals surface area contributed by atoms with Gasteiger partial charge in [-0.3, -0.25) is 0 Å². The summed E-state index contributed by atoms with van der Waals surface area (Å²) in [6, 6.07) is 15.0. The molecule has 0 N–H and O–H groups in total. The lowest BCUT2D eigenvalue weighted by molar-refractivity contribution is 0.214. The van der Waals surface area contributed by atoms with E-state index in [9.17, 15) is 5.26 Å². The zero-order valence-corrected chi connectivity index (χ0v) is 16.2. The summed E-state index contributed by atoms with van der Waals surface area (Å²) in [4.78, 5) is 4.98. The summed E-state index contributed by atoms with van der Waals surface area (Å²) in [5, 5.41) is 10.3. The lowest BCUT2D eigenvalue weighted by Gasteiger charge is -2.35. The molecule has 3 rings (SSSR count). The summed E-state index contributed by atoms with van der Waals surface area (Å²) in [5.41, 5.74) is 5.33. The molecule has 1 aromatic carbocycles. The van der Waals surface area contributed by atoms with Crippen LogP contribution < -0.4 is 0 Å². The molecule has 25 heavy (non-hydrogen) atoms. The molecule has 0 radical (unpaired) electrons. The second-order valence-electron chi connectivity index (χ2n) is 7.97. The van der Waals surface area contributed by atoms with Crippen molar-refractivity contribution in [2.75, 3.05) is 0 Å². The highest BCUT2D eigenvalue weighted by molar-refractivity contribution is 7.98. The van der Waals surface area contributed by atoms with Gasteiger partial charge in [-0.15, -0.1) is 11.8 Å². The fourth-order valence-electron chi connectivity index (χ4n) is 3.50. The molecule has 0 saturated heterocycles. The van der Waals surface area contributed by atoms with Crippen molar-refractivity contribution in [2.24, 2.45) is 11.3 Å². The fraction of sp³-hybridized carbons (Fsp3) is 0.455. The number of nitriles is 1. The SMILES string of the molecule is CC(C)(C)C1CCc2nc(SCc3ccccc3)c(CC#N)cc2C1. The molecule has 1 aliphatic rings. The van der Waals surface area contributed by atoms with Gasteiger partial charge < -0.3 is 0 Å². The van der Waals surface area contributed by atoms with Gasteiger partial charge in [-0.1, -0.05) is 57.2 Å². The third kappa shape index (κ3) is 4.44. The first kappa shape index (κ1) is 18.0. The van der Waals surface area contributed by atoms with Gasteiger partial charge in [-0.05, 0) is 47.3 Å². The van der Waals surface area contributed by atoms with Gasteiger partial charge in [0.1, 0.15) is 5.03 Å². The van der Waals surface area contributed by atoms with Gasteiger partial charge in [-0.25, -0.2) is 4.98 Å².